The fraction of sp³-hybridized carbons (Fsp3) is 0.810. The minimum absolute atomic E-state index is 0.564. The molecule has 0 aliphatic heterocycles. The Labute approximate surface area is 131 Å². The Morgan fingerprint density at radius 2 is 1.95 bits per heavy atom. The summed E-state index contributed by atoms with van der Waals surface area (Å²) in [6.07, 6.45) is 17.9. The standard InChI is InChI=1S/C21H32/c1-4-15-9-11-18-17-10-8-16-7-5-6-13-20(16,2)19(17)12-14-21(15,18)3/h4,7,15,17-19H,1,5-6,8-14H2,2-3H3/t15?,17?,18?,19?,20-,21?/m0/s1. The second-order valence-corrected chi connectivity index (χ2v) is 8.92. The molecule has 0 spiro atoms. The van der Waals surface area contributed by atoms with Crippen LogP contribution >= 0.6 is 0 Å². The molecule has 0 bridgehead atoms. The summed E-state index contributed by atoms with van der Waals surface area (Å²) in [6, 6.07) is 0. The fourth-order valence-corrected chi connectivity index (χ4v) is 7.18. The van der Waals surface area contributed by atoms with Gasteiger partial charge in [-0.25, -0.2) is 0 Å². The van der Waals surface area contributed by atoms with Gasteiger partial charge < -0.3 is 0 Å². The summed E-state index contributed by atoms with van der Waals surface area (Å²) in [5, 5.41) is 0. The predicted molar refractivity (Wildman–Crippen MR) is 90.0 cm³/mol. The van der Waals surface area contributed by atoms with Crippen molar-refractivity contribution in [2.24, 2.45) is 34.5 Å². The molecule has 4 rings (SSSR count). The zero-order chi connectivity index (χ0) is 14.7. The topological polar surface area (TPSA) is 0 Å². The van der Waals surface area contributed by atoms with Crippen molar-refractivity contribution in [1.29, 1.82) is 0 Å². The Hall–Kier alpha value is -0.520. The van der Waals surface area contributed by atoms with Gasteiger partial charge in [0.05, 0.1) is 0 Å². The van der Waals surface area contributed by atoms with Gasteiger partial charge in [-0.05, 0) is 92.3 Å². The molecule has 5 unspecified atom stereocenters. The maximum Gasteiger partial charge on any atom is -0.00853 e. The van der Waals surface area contributed by atoms with E-state index in [9.17, 15) is 0 Å². The van der Waals surface area contributed by atoms with Gasteiger partial charge in [0.2, 0.25) is 0 Å². The third kappa shape index (κ3) is 1.80. The molecule has 0 aromatic heterocycles. The molecule has 0 aromatic carbocycles. The molecule has 4 aliphatic rings. The average molecular weight is 284 g/mol. The molecular formula is C21H32. The molecule has 4 aliphatic carbocycles. The first-order valence-corrected chi connectivity index (χ1v) is 9.41. The van der Waals surface area contributed by atoms with Crippen LogP contribution in [0.4, 0.5) is 0 Å². The second kappa shape index (κ2) is 4.74. The van der Waals surface area contributed by atoms with E-state index >= 15 is 0 Å². The van der Waals surface area contributed by atoms with Crippen LogP contribution < -0.4 is 0 Å². The Morgan fingerprint density at radius 3 is 2.76 bits per heavy atom. The van der Waals surface area contributed by atoms with E-state index in [2.05, 4.69) is 32.6 Å². The van der Waals surface area contributed by atoms with Crippen molar-refractivity contribution in [2.75, 3.05) is 0 Å². The van der Waals surface area contributed by atoms with Gasteiger partial charge >= 0.3 is 0 Å². The van der Waals surface area contributed by atoms with Crippen LogP contribution in [0.25, 0.3) is 0 Å². The van der Waals surface area contributed by atoms with Crippen molar-refractivity contribution in [3.05, 3.63) is 24.3 Å². The number of hydrogen-bond donors (Lipinski definition) is 0. The number of hydrogen-bond acceptors (Lipinski definition) is 0. The van der Waals surface area contributed by atoms with Crippen molar-refractivity contribution in [3.63, 3.8) is 0 Å². The van der Waals surface area contributed by atoms with E-state index in [4.69, 9.17) is 0 Å². The molecule has 116 valence electrons. The molecule has 0 saturated heterocycles. The quantitative estimate of drug-likeness (QED) is 0.507. The van der Waals surface area contributed by atoms with E-state index in [0.29, 0.717) is 10.8 Å². The van der Waals surface area contributed by atoms with Gasteiger partial charge in [-0.3, -0.25) is 0 Å². The molecule has 0 nitrogen and oxygen atoms in total. The van der Waals surface area contributed by atoms with Gasteiger partial charge in [0.1, 0.15) is 0 Å². The minimum atomic E-state index is 0.564. The zero-order valence-electron chi connectivity index (χ0n) is 14.0. The summed E-state index contributed by atoms with van der Waals surface area (Å²) < 4.78 is 0. The Kier molecular flexibility index (Phi) is 3.18. The summed E-state index contributed by atoms with van der Waals surface area (Å²) in [6.45, 7) is 9.37. The van der Waals surface area contributed by atoms with E-state index in [1.54, 1.807) is 0 Å². The SMILES string of the molecule is C=CC1CCC2C3CCC4=CCCC[C@]4(C)C3CCC12C. The van der Waals surface area contributed by atoms with Crippen LogP contribution in [0, 0.1) is 34.5 Å². The molecule has 3 saturated carbocycles. The highest BCUT2D eigenvalue weighted by molar-refractivity contribution is 5.24. The number of allylic oxidation sites excluding steroid dienone is 3. The highest BCUT2D eigenvalue weighted by Crippen LogP contribution is 2.66. The van der Waals surface area contributed by atoms with Gasteiger partial charge in [-0.1, -0.05) is 31.6 Å². The summed E-state index contributed by atoms with van der Waals surface area (Å²) in [5.74, 6) is 3.77. The molecule has 0 heterocycles. The summed E-state index contributed by atoms with van der Waals surface area (Å²) in [4.78, 5) is 0. The van der Waals surface area contributed by atoms with Crippen molar-refractivity contribution in [3.8, 4) is 0 Å². The lowest BCUT2D eigenvalue weighted by Gasteiger charge is -2.58. The van der Waals surface area contributed by atoms with Gasteiger partial charge in [-0.15, -0.1) is 6.58 Å². The van der Waals surface area contributed by atoms with Gasteiger partial charge in [0.15, 0.2) is 0 Å². The first kappa shape index (κ1) is 14.1. The van der Waals surface area contributed by atoms with E-state index < -0.39 is 0 Å². The summed E-state index contributed by atoms with van der Waals surface area (Å²) in [5.41, 5.74) is 2.99. The molecule has 0 N–H and O–H groups in total. The van der Waals surface area contributed by atoms with Gasteiger partial charge in [0, 0.05) is 0 Å². The first-order valence-electron chi connectivity index (χ1n) is 9.41. The highest BCUT2D eigenvalue weighted by Gasteiger charge is 2.57. The van der Waals surface area contributed by atoms with Crippen LogP contribution in [-0.2, 0) is 0 Å². The van der Waals surface area contributed by atoms with Crippen molar-refractivity contribution in [2.45, 2.75) is 71.6 Å². The third-order valence-electron chi connectivity index (χ3n) is 8.38. The smallest absolute Gasteiger partial charge is 0.00853 e. The molecule has 0 amide bonds. The predicted octanol–water partition coefficient (Wildman–Crippen LogP) is 6.14. The Bertz CT molecular complexity index is 472. The molecule has 6 atom stereocenters. The molecule has 21 heavy (non-hydrogen) atoms. The van der Waals surface area contributed by atoms with E-state index in [-0.39, 0.29) is 0 Å². The van der Waals surface area contributed by atoms with Crippen LogP contribution in [0.3, 0.4) is 0 Å². The van der Waals surface area contributed by atoms with E-state index in [1.807, 2.05) is 5.57 Å². The van der Waals surface area contributed by atoms with Crippen molar-refractivity contribution >= 4 is 0 Å². The van der Waals surface area contributed by atoms with Gasteiger partial charge in [0.25, 0.3) is 0 Å². The van der Waals surface area contributed by atoms with Crippen LogP contribution in [-0.4, -0.2) is 0 Å². The van der Waals surface area contributed by atoms with Gasteiger partial charge in [-0.2, -0.15) is 0 Å². The van der Waals surface area contributed by atoms with Crippen molar-refractivity contribution < 1.29 is 0 Å². The highest BCUT2D eigenvalue weighted by atomic mass is 14.6. The number of rotatable bonds is 1. The molecular weight excluding hydrogens is 252 g/mol. The normalized spacial score (nSPS) is 52.4. The summed E-state index contributed by atoms with van der Waals surface area (Å²) >= 11 is 0. The lowest BCUT2D eigenvalue weighted by Crippen LogP contribution is -2.49. The largest absolute Gasteiger partial charge is 0.103 e. The maximum atomic E-state index is 4.15. The lowest BCUT2D eigenvalue weighted by molar-refractivity contribution is -0.0451. The van der Waals surface area contributed by atoms with Crippen LogP contribution in [0.1, 0.15) is 71.6 Å². The zero-order valence-corrected chi connectivity index (χ0v) is 14.0. The molecule has 0 aromatic rings. The maximum absolute atomic E-state index is 4.15. The Balaban J connectivity index is 1.67. The summed E-state index contributed by atoms with van der Waals surface area (Å²) in [7, 11) is 0. The Morgan fingerprint density at radius 1 is 1.10 bits per heavy atom. The fourth-order valence-electron chi connectivity index (χ4n) is 7.18. The molecule has 3 fully saturated rings. The second-order valence-electron chi connectivity index (χ2n) is 8.92. The van der Waals surface area contributed by atoms with Crippen LogP contribution in [0.5, 0.6) is 0 Å². The molecule has 0 heteroatoms. The third-order valence-corrected chi connectivity index (χ3v) is 8.38. The first-order chi connectivity index (χ1) is 10.1. The monoisotopic (exact) mass is 284 g/mol. The van der Waals surface area contributed by atoms with Crippen LogP contribution in [0.2, 0.25) is 0 Å². The van der Waals surface area contributed by atoms with E-state index in [1.165, 1.54) is 57.8 Å². The van der Waals surface area contributed by atoms with Crippen molar-refractivity contribution in [1.82, 2.24) is 0 Å². The average Bonchev–Trinajstić information content (AvgIpc) is 2.83. The van der Waals surface area contributed by atoms with Crippen LogP contribution in [0.15, 0.2) is 24.3 Å². The molecule has 0 radical (unpaired) electrons. The minimum Gasteiger partial charge on any atom is -0.103 e. The lowest BCUT2D eigenvalue weighted by atomic mass is 9.47. The van der Waals surface area contributed by atoms with E-state index in [0.717, 1.165) is 23.7 Å². The number of fused-ring (bicyclic) bond motifs is 5.